The van der Waals surface area contributed by atoms with Crippen molar-refractivity contribution in [3.63, 3.8) is 0 Å². The SMILES string of the molecule is O=C(/C=C\n1cnc(-c2cc(C(F)(F)F)cc(C(F)(F)F)c2)n1)NN1C(=O)[C@@H]2C=C[C@H]1C2. The number of fused-ring (bicyclic) bond motifs is 2. The fourth-order valence-electron chi connectivity index (χ4n) is 3.40. The Morgan fingerprint density at radius 3 is 2.28 bits per heavy atom. The summed E-state index contributed by atoms with van der Waals surface area (Å²) >= 11 is 0. The van der Waals surface area contributed by atoms with Gasteiger partial charge in [0.15, 0.2) is 5.82 Å². The van der Waals surface area contributed by atoms with Crippen LogP contribution in [0.4, 0.5) is 26.3 Å². The maximum Gasteiger partial charge on any atom is 0.416 e. The Labute approximate surface area is 176 Å². The smallest absolute Gasteiger partial charge is 0.272 e. The first-order valence-electron chi connectivity index (χ1n) is 9.13. The zero-order valence-corrected chi connectivity index (χ0v) is 15.9. The average Bonchev–Trinajstić information content (AvgIpc) is 3.43. The summed E-state index contributed by atoms with van der Waals surface area (Å²) in [5.74, 6) is -1.58. The van der Waals surface area contributed by atoms with Gasteiger partial charge in [0.2, 0.25) is 5.91 Å². The van der Waals surface area contributed by atoms with Gasteiger partial charge in [-0.3, -0.25) is 15.0 Å². The van der Waals surface area contributed by atoms with E-state index in [0.717, 1.165) is 23.3 Å². The molecule has 1 N–H and O–H groups in total. The molecule has 7 nitrogen and oxygen atoms in total. The van der Waals surface area contributed by atoms with E-state index in [9.17, 15) is 35.9 Å². The molecule has 1 fully saturated rings. The summed E-state index contributed by atoms with van der Waals surface area (Å²) in [4.78, 5) is 27.8. The third-order valence-electron chi connectivity index (χ3n) is 4.91. The van der Waals surface area contributed by atoms with E-state index in [2.05, 4.69) is 15.5 Å². The van der Waals surface area contributed by atoms with E-state index in [1.54, 1.807) is 12.2 Å². The maximum atomic E-state index is 13.0. The van der Waals surface area contributed by atoms with Gasteiger partial charge in [0.1, 0.15) is 6.33 Å². The molecule has 2 atom stereocenters. The van der Waals surface area contributed by atoms with Crippen LogP contribution in [0.1, 0.15) is 17.5 Å². The van der Waals surface area contributed by atoms with Crippen LogP contribution in [0.25, 0.3) is 17.6 Å². The Bertz CT molecular complexity index is 1100. The van der Waals surface area contributed by atoms with Crippen LogP contribution in [0.5, 0.6) is 0 Å². The predicted octanol–water partition coefficient (Wildman–Crippen LogP) is 3.27. The number of hydrazine groups is 1. The highest BCUT2D eigenvalue weighted by atomic mass is 19.4. The normalized spacial score (nSPS) is 20.6. The van der Waals surface area contributed by atoms with Crippen molar-refractivity contribution in [1.82, 2.24) is 25.2 Å². The van der Waals surface area contributed by atoms with E-state index in [0.29, 0.717) is 18.6 Å². The van der Waals surface area contributed by atoms with E-state index in [1.165, 1.54) is 5.01 Å². The molecular formula is C19H13F6N5O2. The number of alkyl halides is 6. The van der Waals surface area contributed by atoms with Crippen LogP contribution in [0.2, 0.25) is 0 Å². The van der Waals surface area contributed by atoms with E-state index in [-0.39, 0.29) is 23.9 Å². The molecule has 1 aromatic carbocycles. The number of amides is 2. The molecule has 4 rings (SSSR count). The molecule has 32 heavy (non-hydrogen) atoms. The van der Waals surface area contributed by atoms with Crippen LogP contribution < -0.4 is 5.43 Å². The molecule has 1 saturated heterocycles. The third kappa shape index (κ3) is 4.22. The van der Waals surface area contributed by atoms with Gasteiger partial charge in [0.05, 0.1) is 23.1 Å². The summed E-state index contributed by atoms with van der Waals surface area (Å²) in [6.07, 6.45) is -2.77. The van der Waals surface area contributed by atoms with Gasteiger partial charge < -0.3 is 0 Å². The van der Waals surface area contributed by atoms with Crippen LogP contribution >= 0.6 is 0 Å². The number of benzene rings is 1. The molecule has 2 aromatic rings. The molecular weight excluding hydrogens is 444 g/mol. The summed E-state index contributed by atoms with van der Waals surface area (Å²) in [6.45, 7) is 0. The standard InChI is InChI=1S/C19H13F6N5O2/c20-18(21,22)12-5-11(6-13(8-12)19(23,24)25)16-26-9-29(28-16)4-3-15(31)27-30-14-2-1-10(7-14)17(30)32/h1-6,8-10,14H,7H2,(H,27,31)/b4-3-/t10-,14+/m1/s1. The van der Waals surface area contributed by atoms with E-state index >= 15 is 0 Å². The largest absolute Gasteiger partial charge is 0.416 e. The molecule has 0 spiro atoms. The number of nitrogens with zero attached hydrogens (tertiary/aromatic N) is 4. The Morgan fingerprint density at radius 2 is 1.72 bits per heavy atom. The van der Waals surface area contributed by atoms with Crippen molar-refractivity contribution in [3.8, 4) is 11.4 Å². The summed E-state index contributed by atoms with van der Waals surface area (Å²) < 4.78 is 79.0. The van der Waals surface area contributed by atoms with Crippen LogP contribution in [0.3, 0.4) is 0 Å². The lowest BCUT2D eigenvalue weighted by molar-refractivity contribution is -0.143. The highest BCUT2D eigenvalue weighted by Crippen LogP contribution is 2.38. The lowest BCUT2D eigenvalue weighted by atomic mass is 10.0. The maximum absolute atomic E-state index is 13.0. The number of halogens is 6. The minimum atomic E-state index is -5.00. The molecule has 2 bridgehead atoms. The number of rotatable bonds is 4. The third-order valence-corrected chi connectivity index (χ3v) is 4.91. The molecule has 0 radical (unpaired) electrons. The second-order valence-corrected chi connectivity index (χ2v) is 7.14. The number of carbonyl (C=O) groups excluding carboxylic acids is 2. The first-order valence-corrected chi connectivity index (χ1v) is 9.13. The Balaban J connectivity index is 1.52. The van der Waals surface area contributed by atoms with Gasteiger partial charge in [-0.25, -0.2) is 14.7 Å². The van der Waals surface area contributed by atoms with Crippen LogP contribution in [0.15, 0.2) is 42.8 Å². The Morgan fingerprint density at radius 1 is 1.06 bits per heavy atom. The molecule has 1 aromatic heterocycles. The predicted molar refractivity (Wildman–Crippen MR) is 96.8 cm³/mol. The van der Waals surface area contributed by atoms with Crippen molar-refractivity contribution < 1.29 is 35.9 Å². The summed E-state index contributed by atoms with van der Waals surface area (Å²) in [5.41, 5.74) is -1.07. The number of hydrogen-bond donors (Lipinski definition) is 1. The monoisotopic (exact) mass is 457 g/mol. The summed E-state index contributed by atoms with van der Waals surface area (Å²) in [5, 5.41) is 5.00. The molecule has 2 aliphatic rings. The van der Waals surface area contributed by atoms with Gasteiger partial charge in [0, 0.05) is 17.8 Å². The van der Waals surface area contributed by atoms with Crippen LogP contribution in [-0.2, 0) is 21.9 Å². The van der Waals surface area contributed by atoms with Crippen LogP contribution in [0, 0.1) is 5.92 Å². The summed E-state index contributed by atoms with van der Waals surface area (Å²) in [6, 6.07) is 0.790. The molecule has 2 heterocycles. The quantitative estimate of drug-likeness (QED) is 0.434. The minimum Gasteiger partial charge on any atom is -0.272 e. The van der Waals surface area contributed by atoms with Crippen molar-refractivity contribution in [1.29, 1.82) is 0 Å². The van der Waals surface area contributed by atoms with Gasteiger partial charge in [-0.1, -0.05) is 12.2 Å². The van der Waals surface area contributed by atoms with Crippen LogP contribution in [-0.4, -0.2) is 37.6 Å². The molecule has 1 aliphatic heterocycles. The van der Waals surface area contributed by atoms with Gasteiger partial charge >= 0.3 is 12.4 Å². The van der Waals surface area contributed by atoms with Crippen molar-refractivity contribution >= 4 is 18.0 Å². The number of carbonyl (C=O) groups is 2. The molecule has 2 amide bonds. The minimum absolute atomic E-state index is 0.00618. The lowest BCUT2D eigenvalue weighted by Gasteiger charge is -2.23. The number of hydrogen-bond acceptors (Lipinski definition) is 4. The molecule has 0 saturated carbocycles. The van der Waals surface area contributed by atoms with Crippen molar-refractivity contribution in [2.45, 2.75) is 24.8 Å². The first-order chi connectivity index (χ1) is 14.9. The lowest BCUT2D eigenvalue weighted by Crippen LogP contribution is -2.48. The van der Waals surface area contributed by atoms with Crippen molar-refractivity contribution in [2.24, 2.45) is 5.92 Å². The molecule has 13 heteroatoms. The van der Waals surface area contributed by atoms with Gasteiger partial charge in [-0.05, 0) is 24.6 Å². The van der Waals surface area contributed by atoms with Gasteiger partial charge in [-0.2, -0.15) is 26.3 Å². The number of nitrogens with one attached hydrogen (secondary N) is 1. The second kappa shape index (κ2) is 7.50. The molecule has 168 valence electrons. The van der Waals surface area contributed by atoms with Crippen molar-refractivity contribution in [3.05, 3.63) is 53.9 Å². The average molecular weight is 457 g/mol. The Kier molecular flexibility index (Phi) is 5.06. The van der Waals surface area contributed by atoms with Gasteiger partial charge in [-0.15, -0.1) is 5.10 Å². The second-order valence-electron chi connectivity index (χ2n) is 7.14. The first kappa shape index (κ1) is 21.6. The number of aromatic nitrogens is 3. The molecule has 0 unspecified atom stereocenters. The zero-order chi connectivity index (χ0) is 23.3. The van der Waals surface area contributed by atoms with E-state index < -0.39 is 40.8 Å². The van der Waals surface area contributed by atoms with Crippen molar-refractivity contribution in [2.75, 3.05) is 0 Å². The summed E-state index contributed by atoms with van der Waals surface area (Å²) in [7, 11) is 0. The highest BCUT2D eigenvalue weighted by Gasteiger charge is 2.41. The molecule has 1 aliphatic carbocycles. The topological polar surface area (TPSA) is 80.1 Å². The van der Waals surface area contributed by atoms with Gasteiger partial charge in [0.25, 0.3) is 5.91 Å². The fourth-order valence-corrected chi connectivity index (χ4v) is 3.40. The fraction of sp³-hybridized carbons (Fsp3) is 0.263. The Hall–Kier alpha value is -3.64. The van der Waals surface area contributed by atoms with E-state index in [1.807, 2.05) is 0 Å². The highest BCUT2D eigenvalue weighted by molar-refractivity contribution is 5.93. The zero-order valence-electron chi connectivity index (χ0n) is 15.9. The van der Waals surface area contributed by atoms with E-state index in [4.69, 9.17) is 0 Å².